The van der Waals surface area contributed by atoms with Crippen molar-refractivity contribution in [3.63, 3.8) is 0 Å². The fraction of sp³-hybridized carbons (Fsp3) is 0.571. The van der Waals surface area contributed by atoms with Crippen molar-refractivity contribution in [1.82, 2.24) is 5.32 Å². The molecule has 1 aliphatic rings. The van der Waals surface area contributed by atoms with E-state index in [9.17, 15) is 9.50 Å². The van der Waals surface area contributed by atoms with Gasteiger partial charge in [0.15, 0.2) is 0 Å². The van der Waals surface area contributed by atoms with Gasteiger partial charge >= 0.3 is 0 Å². The van der Waals surface area contributed by atoms with E-state index in [1.54, 1.807) is 0 Å². The number of ether oxygens (including phenoxy) is 1. The van der Waals surface area contributed by atoms with Crippen LogP contribution in [-0.4, -0.2) is 24.4 Å². The maximum Gasteiger partial charge on any atom is 0.123 e. The lowest BCUT2D eigenvalue weighted by molar-refractivity contribution is 0.103. The molecule has 0 radical (unpaired) electrons. The van der Waals surface area contributed by atoms with Crippen molar-refractivity contribution in [2.45, 2.75) is 38.3 Å². The van der Waals surface area contributed by atoms with Crippen LogP contribution in [0.1, 0.15) is 37.8 Å². The standard InChI is InChI=1S/C14H20FNO2/c1-10(13-9-11(15)4-5-14(13)17)16-7-6-12-3-2-8-18-12/h4-5,9-10,12,16-17H,2-3,6-8H2,1H3. The molecule has 100 valence electrons. The van der Waals surface area contributed by atoms with Crippen LogP contribution in [0, 0.1) is 5.82 Å². The van der Waals surface area contributed by atoms with Crippen LogP contribution in [0.4, 0.5) is 4.39 Å². The Bertz CT molecular complexity index is 391. The van der Waals surface area contributed by atoms with Crippen LogP contribution in [0.3, 0.4) is 0 Å². The summed E-state index contributed by atoms with van der Waals surface area (Å²) in [5.41, 5.74) is 0.599. The predicted octanol–water partition coefficient (Wildman–Crippen LogP) is 2.75. The first-order chi connectivity index (χ1) is 8.66. The van der Waals surface area contributed by atoms with Gasteiger partial charge in [-0.25, -0.2) is 4.39 Å². The second kappa shape index (κ2) is 6.16. The number of hydrogen-bond acceptors (Lipinski definition) is 3. The lowest BCUT2D eigenvalue weighted by Gasteiger charge is -2.17. The number of hydrogen-bond donors (Lipinski definition) is 2. The van der Waals surface area contributed by atoms with Gasteiger partial charge < -0.3 is 15.2 Å². The maximum atomic E-state index is 13.1. The molecule has 0 amide bonds. The largest absolute Gasteiger partial charge is 0.508 e. The molecule has 1 aromatic carbocycles. The molecule has 2 unspecified atom stereocenters. The quantitative estimate of drug-likeness (QED) is 0.847. The van der Waals surface area contributed by atoms with Crippen LogP contribution in [0.15, 0.2) is 18.2 Å². The highest BCUT2D eigenvalue weighted by Gasteiger charge is 2.16. The van der Waals surface area contributed by atoms with E-state index >= 15 is 0 Å². The Balaban J connectivity index is 1.83. The van der Waals surface area contributed by atoms with E-state index in [0.29, 0.717) is 11.7 Å². The molecule has 4 heteroatoms. The van der Waals surface area contributed by atoms with Gasteiger partial charge in [0.2, 0.25) is 0 Å². The van der Waals surface area contributed by atoms with Gasteiger partial charge in [-0.1, -0.05) is 0 Å². The first kappa shape index (κ1) is 13.3. The van der Waals surface area contributed by atoms with Gasteiger partial charge in [-0.05, 0) is 50.9 Å². The number of rotatable bonds is 5. The number of benzene rings is 1. The average molecular weight is 253 g/mol. The summed E-state index contributed by atoms with van der Waals surface area (Å²) >= 11 is 0. The third-order valence-electron chi connectivity index (χ3n) is 3.40. The number of phenols is 1. The zero-order valence-corrected chi connectivity index (χ0v) is 10.7. The molecular formula is C14H20FNO2. The number of aromatic hydroxyl groups is 1. The summed E-state index contributed by atoms with van der Waals surface area (Å²) in [5, 5.41) is 13.0. The molecule has 2 N–H and O–H groups in total. The number of nitrogens with one attached hydrogen (secondary N) is 1. The Kier molecular flexibility index (Phi) is 4.55. The second-order valence-electron chi connectivity index (χ2n) is 4.80. The van der Waals surface area contributed by atoms with Gasteiger partial charge in [0, 0.05) is 18.2 Å². The third kappa shape index (κ3) is 3.43. The zero-order chi connectivity index (χ0) is 13.0. The van der Waals surface area contributed by atoms with Crippen molar-refractivity contribution in [3.8, 4) is 5.75 Å². The molecule has 0 bridgehead atoms. The molecule has 0 aliphatic carbocycles. The fourth-order valence-corrected chi connectivity index (χ4v) is 2.31. The van der Waals surface area contributed by atoms with Crippen LogP contribution in [0.25, 0.3) is 0 Å². The summed E-state index contributed by atoms with van der Waals surface area (Å²) < 4.78 is 18.7. The van der Waals surface area contributed by atoms with E-state index in [1.165, 1.54) is 18.2 Å². The SMILES string of the molecule is CC(NCCC1CCCO1)c1cc(F)ccc1O. The van der Waals surface area contributed by atoms with Gasteiger partial charge in [0.1, 0.15) is 11.6 Å². The Labute approximate surface area is 107 Å². The Morgan fingerprint density at radius 2 is 2.39 bits per heavy atom. The van der Waals surface area contributed by atoms with E-state index in [0.717, 1.165) is 32.4 Å². The predicted molar refractivity (Wildman–Crippen MR) is 68.1 cm³/mol. The molecule has 3 nitrogen and oxygen atoms in total. The molecule has 1 aliphatic heterocycles. The van der Waals surface area contributed by atoms with Crippen molar-refractivity contribution in [2.75, 3.05) is 13.2 Å². The number of phenolic OH excluding ortho intramolecular Hbond substituents is 1. The molecule has 18 heavy (non-hydrogen) atoms. The van der Waals surface area contributed by atoms with Gasteiger partial charge in [0.25, 0.3) is 0 Å². The van der Waals surface area contributed by atoms with Crippen molar-refractivity contribution in [2.24, 2.45) is 0 Å². The number of halogens is 1. The zero-order valence-electron chi connectivity index (χ0n) is 10.7. The van der Waals surface area contributed by atoms with Gasteiger partial charge in [0.05, 0.1) is 6.10 Å². The Morgan fingerprint density at radius 1 is 1.56 bits per heavy atom. The van der Waals surface area contributed by atoms with E-state index < -0.39 is 0 Å². The average Bonchev–Trinajstić information content (AvgIpc) is 2.85. The molecule has 1 saturated heterocycles. The first-order valence-electron chi connectivity index (χ1n) is 6.50. The lowest BCUT2D eigenvalue weighted by atomic mass is 10.1. The highest BCUT2D eigenvalue weighted by atomic mass is 19.1. The summed E-state index contributed by atoms with van der Waals surface area (Å²) in [5.74, 6) is -0.191. The molecular weight excluding hydrogens is 233 g/mol. The summed E-state index contributed by atoms with van der Waals surface area (Å²) in [6, 6.07) is 3.96. The molecule has 0 spiro atoms. The van der Waals surface area contributed by atoms with Gasteiger partial charge in [-0.2, -0.15) is 0 Å². The minimum absolute atomic E-state index is 0.0675. The lowest BCUT2D eigenvalue weighted by Crippen LogP contribution is -2.23. The van der Waals surface area contributed by atoms with Crippen LogP contribution in [0.5, 0.6) is 5.75 Å². The highest BCUT2D eigenvalue weighted by molar-refractivity contribution is 5.34. The first-order valence-corrected chi connectivity index (χ1v) is 6.50. The van der Waals surface area contributed by atoms with Crippen LogP contribution in [0.2, 0.25) is 0 Å². The molecule has 2 atom stereocenters. The van der Waals surface area contributed by atoms with Crippen LogP contribution < -0.4 is 5.32 Å². The highest BCUT2D eigenvalue weighted by Crippen LogP contribution is 2.24. The summed E-state index contributed by atoms with van der Waals surface area (Å²) in [7, 11) is 0. The third-order valence-corrected chi connectivity index (χ3v) is 3.40. The van der Waals surface area contributed by atoms with E-state index in [-0.39, 0.29) is 17.6 Å². The van der Waals surface area contributed by atoms with Crippen molar-refractivity contribution < 1.29 is 14.2 Å². The maximum absolute atomic E-state index is 13.1. The summed E-state index contributed by atoms with van der Waals surface area (Å²) in [6.07, 6.45) is 3.58. The van der Waals surface area contributed by atoms with Crippen LogP contribution in [-0.2, 0) is 4.74 Å². The molecule has 0 saturated carbocycles. The summed E-state index contributed by atoms with van der Waals surface area (Å²) in [4.78, 5) is 0. The van der Waals surface area contributed by atoms with Gasteiger partial charge in [-0.15, -0.1) is 0 Å². The smallest absolute Gasteiger partial charge is 0.123 e. The van der Waals surface area contributed by atoms with Crippen molar-refractivity contribution >= 4 is 0 Å². The van der Waals surface area contributed by atoms with Gasteiger partial charge in [-0.3, -0.25) is 0 Å². The molecule has 1 heterocycles. The molecule has 0 aromatic heterocycles. The fourth-order valence-electron chi connectivity index (χ4n) is 2.31. The Hall–Kier alpha value is -1.13. The topological polar surface area (TPSA) is 41.5 Å². The Morgan fingerprint density at radius 3 is 3.11 bits per heavy atom. The second-order valence-corrected chi connectivity index (χ2v) is 4.80. The van der Waals surface area contributed by atoms with Crippen LogP contribution >= 0.6 is 0 Å². The van der Waals surface area contributed by atoms with E-state index in [4.69, 9.17) is 4.74 Å². The minimum atomic E-state index is -0.324. The molecule has 2 rings (SSSR count). The monoisotopic (exact) mass is 253 g/mol. The minimum Gasteiger partial charge on any atom is -0.508 e. The van der Waals surface area contributed by atoms with Crippen molar-refractivity contribution in [1.29, 1.82) is 0 Å². The summed E-state index contributed by atoms with van der Waals surface area (Å²) in [6.45, 7) is 3.59. The molecule has 1 fully saturated rings. The van der Waals surface area contributed by atoms with Crippen molar-refractivity contribution in [3.05, 3.63) is 29.6 Å². The normalized spacial score (nSPS) is 21.1. The molecule has 1 aromatic rings. The van der Waals surface area contributed by atoms with E-state index in [1.807, 2.05) is 6.92 Å². The van der Waals surface area contributed by atoms with E-state index in [2.05, 4.69) is 5.32 Å².